The monoisotopic (exact) mass is 219 g/mol. The zero-order chi connectivity index (χ0) is 12.0. The van der Waals surface area contributed by atoms with Crippen LogP contribution in [-0.4, -0.2) is 12.6 Å². The summed E-state index contributed by atoms with van der Waals surface area (Å²) >= 11 is 0. The summed E-state index contributed by atoms with van der Waals surface area (Å²) in [6.45, 7) is 10.2. The minimum Gasteiger partial charge on any atom is -0.314 e. The molecule has 0 aliphatic carbocycles. The van der Waals surface area contributed by atoms with Gasteiger partial charge in [-0.25, -0.2) is 0 Å². The predicted molar refractivity (Wildman–Crippen MR) is 71.8 cm³/mol. The Bertz CT molecular complexity index is 306. The van der Waals surface area contributed by atoms with E-state index in [2.05, 4.69) is 57.3 Å². The van der Waals surface area contributed by atoms with Crippen LogP contribution in [0.4, 0.5) is 0 Å². The van der Waals surface area contributed by atoms with Crippen molar-refractivity contribution < 1.29 is 0 Å². The molecular formula is C15H25N. The van der Waals surface area contributed by atoms with Gasteiger partial charge in [0.1, 0.15) is 0 Å². The van der Waals surface area contributed by atoms with Gasteiger partial charge in [-0.2, -0.15) is 0 Å². The van der Waals surface area contributed by atoms with Gasteiger partial charge in [0.15, 0.2) is 0 Å². The Hall–Kier alpha value is -0.820. The number of hydrogen-bond acceptors (Lipinski definition) is 1. The molecule has 1 aromatic carbocycles. The summed E-state index contributed by atoms with van der Waals surface area (Å²) in [6.07, 6.45) is 2.38. The number of rotatable bonds is 6. The molecule has 0 radical (unpaired) electrons. The van der Waals surface area contributed by atoms with Gasteiger partial charge in [-0.3, -0.25) is 0 Å². The van der Waals surface area contributed by atoms with Crippen LogP contribution in [-0.2, 0) is 6.42 Å². The highest BCUT2D eigenvalue weighted by Crippen LogP contribution is 2.15. The van der Waals surface area contributed by atoms with Gasteiger partial charge in [0.2, 0.25) is 0 Å². The van der Waals surface area contributed by atoms with E-state index in [1.165, 1.54) is 24.0 Å². The lowest BCUT2D eigenvalue weighted by atomic mass is 9.92. The molecule has 0 aliphatic rings. The molecule has 1 nitrogen and oxygen atoms in total. The molecular weight excluding hydrogens is 194 g/mol. The third kappa shape index (κ3) is 3.97. The summed E-state index contributed by atoms with van der Waals surface area (Å²) in [5.74, 6) is 0.688. The first-order valence-corrected chi connectivity index (χ1v) is 6.43. The van der Waals surface area contributed by atoms with Gasteiger partial charge >= 0.3 is 0 Å². The van der Waals surface area contributed by atoms with Crippen LogP contribution in [0.3, 0.4) is 0 Å². The fourth-order valence-corrected chi connectivity index (χ4v) is 1.94. The zero-order valence-electron chi connectivity index (χ0n) is 11.1. The lowest BCUT2D eigenvalue weighted by Gasteiger charge is -2.22. The van der Waals surface area contributed by atoms with Crippen molar-refractivity contribution in [2.75, 3.05) is 6.54 Å². The van der Waals surface area contributed by atoms with E-state index < -0.39 is 0 Å². The Labute approximate surface area is 100 Å². The summed E-state index contributed by atoms with van der Waals surface area (Å²) < 4.78 is 0. The van der Waals surface area contributed by atoms with Crippen molar-refractivity contribution >= 4 is 0 Å². The molecule has 1 N–H and O–H groups in total. The number of benzene rings is 1. The second-order valence-corrected chi connectivity index (χ2v) is 4.85. The van der Waals surface area contributed by atoms with E-state index in [0.717, 1.165) is 6.54 Å². The van der Waals surface area contributed by atoms with Crippen molar-refractivity contribution in [3.05, 3.63) is 35.4 Å². The van der Waals surface area contributed by atoms with E-state index >= 15 is 0 Å². The standard InChI is InChI=1S/C15H25N/c1-5-10-16-14(4)13(3)11-15-9-7-6-8-12(15)2/h6-9,13-14,16H,5,10-11H2,1-4H3. The summed E-state index contributed by atoms with van der Waals surface area (Å²) in [5, 5.41) is 3.57. The number of nitrogens with one attached hydrogen (secondary N) is 1. The molecule has 0 spiro atoms. The SMILES string of the molecule is CCCNC(C)C(C)Cc1ccccc1C. The van der Waals surface area contributed by atoms with Gasteiger partial charge < -0.3 is 5.32 Å². The maximum Gasteiger partial charge on any atom is 0.00675 e. The second kappa shape index (κ2) is 6.70. The van der Waals surface area contributed by atoms with Crippen molar-refractivity contribution in [2.24, 2.45) is 5.92 Å². The Morgan fingerprint density at radius 2 is 1.88 bits per heavy atom. The molecule has 2 atom stereocenters. The highest BCUT2D eigenvalue weighted by molar-refractivity contribution is 5.25. The fraction of sp³-hybridized carbons (Fsp3) is 0.600. The average Bonchev–Trinajstić information content (AvgIpc) is 2.28. The van der Waals surface area contributed by atoms with Crippen molar-refractivity contribution in [2.45, 2.75) is 46.6 Å². The molecule has 0 aromatic heterocycles. The molecule has 2 unspecified atom stereocenters. The quantitative estimate of drug-likeness (QED) is 0.771. The van der Waals surface area contributed by atoms with Gasteiger partial charge in [0, 0.05) is 6.04 Å². The molecule has 1 rings (SSSR count). The van der Waals surface area contributed by atoms with Gasteiger partial charge in [0.25, 0.3) is 0 Å². The molecule has 0 saturated carbocycles. The normalized spacial score (nSPS) is 14.8. The van der Waals surface area contributed by atoms with Crippen molar-refractivity contribution in [1.82, 2.24) is 5.32 Å². The Kier molecular flexibility index (Phi) is 5.54. The summed E-state index contributed by atoms with van der Waals surface area (Å²) in [5.41, 5.74) is 2.90. The molecule has 0 amide bonds. The lowest BCUT2D eigenvalue weighted by Crippen LogP contribution is -2.33. The fourth-order valence-electron chi connectivity index (χ4n) is 1.94. The van der Waals surface area contributed by atoms with Crippen LogP contribution < -0.4 is 5.32 Å². The second-order valence-electron chi connectivity index (χ2n) is 4.85. The molecule has 0 aliphatic heterocycles. The first-order valence-electron chi connectivity index (χ1n) is 6.43. The van der Waals surface area contributed by atoms with Crippen LogP contribution in [0.15, 0.2) is 24.3 Å². The average molecular weight is 219 g/mol. The van der Waals surface area contributed by atoms with Crippen molar-refractivity contribution in [3.63, 3.8) is 0 Å². The highest BCUT2D eigenvalue weighted by atomic mass is 14.9. The van der Waals surface area contributed by atoms with Crippen molar-refractivity contribution in [1.29, 1.82) is 0 Å². The maximum absolute atomic E-state index is 3.57. The van der Waals surface area contributed by atoms with Gasteiger partial charge in [-0.05, 0) is 50.3 Å². The van der Waals surface area contributed by atoms with Crippen LogP contribution >= 0.6 is 0 Å². The Morgan fingerprint density at radius 3 is 2.50 bits per heavy atom. The van der Waals surface area contributed by atoms with Crippen LogP contribution in [0.5, 0.6) is 0 Å². The first-order chi connectivity index (χ1) is 7.65. The zero-order valence-corrected chi connectivity index (χ0v) is 11.1. The number of hydrogen-bond donors (Lipinski definition) is 1. The molecule has 0 heterocycles. The summed E-state index contributed by atoms with van der Waals surface area (Å²) in [6, 6.07) is 9.30. The third-order valence-electron chi connectivity index (χ3n) is 3.37. The first kappa shape index (κ1) is 13.2. The minimum atomic E-state index is 0.597. The topological polar surface area (TPSA) is 12.0 Å². The molecule has 90 valence electrons. The molecule has 0 fully saturated rings. The van der Waals surface area contributed by atoms with E-state index in [9.17, 15) is 0 Å². The van der Waals surface area contributed by atoms with Crippen LogP contribution in [0.2, 0.25) is 0 Å². The smallest absolute Gasteiger partial charge is 0.00675 e. The Balaban J connectivity index is 2.50. The number of aryl methyl sites for hydroxylation is 1. The van der Waals surface area contributed by atoms with Crippen LogP contribution in [0.25, 0.3) is 0 Å². The van der Waals surface area contributed by atoms with Gasteiger partial charge in [0.05, 0.1) is 0 Å². The minimum absolute atomic E-state index is 0.597. The molecule has 1 heteroatoms. The molecule has 16 heavy (non-hydrogen) atoms. The van der Waals surface area contributed by atoms with Crippen LogP contribution in [0.1, 0.15) is 38.3 Å². The van der Waals surface area contributed by atoms with Crippen LogP contribution in [0, 0.1) is 12.8 Å². The highest BCUT2D eigenvalue weighted by Gasteiger charge is 2.12. The van der Waals surface area contributed by atoms with E-state index in [0.29, 0.717) is 12.0 Å². The van der Waals surface area contributed by atoms with E-state index in [1.54, 1.807) is 0 Å². The third-order valence-corrected chi connectivity index (χ3v) is 3.37. The predicted octanol–water partition coefficient (Wildman–Crippen LogP) is 3.56. The summed E-state index contributed by atoms with van der Waals surface area (Å²) in [7, 11) is 0. The molecule has 1 aromatic rings. The molecule has 0 bridgehead atoms. The van der Waals surface area contributed by atoms with Gasteiger partial charge in [-0.15, -0.1) is 0 Å². The molecule has 0 saturated heterocycles. The summed E-state index contributed by atoms with van der Waals surface area (Å²) in [4.78, 5) is 0. The van der Waals surface area contributed by atoms with E-state index in [-0.39, 0.29) is 0 Å². The van der Waals surface area contributed by atoms with E-state index in [1.807, 2.05) is 0 Å². The van der Waals surface area contributed by atoms with Crippen molar-refractivity contribution in [3.8, 4) is 0 Å². The Morgan fingerprint density at radius 1 is 1.19 bits per heavy atom. The van der Waals surface area contributed by atoms with E-state index in [4.69, 9.17) is 0 Å². The maximum atomic E-state index is 3.57. The van der Waals surface area contributed by atoms with Gasteiger partial charge in [-0.1, -0.05) is 38.1 Å². The lowest BCUT2D eigenvalue weighted by molar-refractivity contribution is 0.398. The largest absolute Gasteiger partial charge is 0.314 e.